The summed E-state index contributed by atoms with van der Waals surface area (Å²) in [6.45, 7) is 8.21. The van der Waals surface area contributed by atoms with E-state index in [2.05, 4.69) is 19.2 Å². The highest BCUT2D eigenvalue weighted by Crippen LogP contribution is 2.24. The van der Waals surface area contributed by atoms with Gasteiger partial charge in [0, 0.05) is 12.5 Å². The number of ether oxygens (including phenoxy) is 1. The molecule has 2 aliphatic heterocycles. The van der Waals surface area contributed by atoms with E-state index >= 15 is 0 Å². The molecule has 4 heteroatoms. The van der Waals surface area contributed by atoms with Crippen LogP contribution in [0.25, 0.3) is 0 Å². The number of carbonyl (C=O) groups excluding carboxylic acids is 1. The van der Waals surface area contributed by atoms with Crippen molar-refractivity contribution in [3.63, 3.8) is 0 Å². The van der Waals surface area contributed by atoms with Crippen molar-refractivity contribution >= 4 is 5.91 Å². The summed E-state index contributed by atoms with van der Waals surface area (Å²) >= 11 is 0. The molecule has 2 saturated heterocycles. The molecule has 0 aromatic heterocycles. The summed E-state index contributed by atoms with van der Waals surface area (Å²) in [5.74, 6) is 0.549. The first-order valence-corrected chi connectivity index (χ1v) is 6.21. The minimum Gasteiger partial charge on any atom is -0.377 e. The second-order valence-corrected chi connectivity index (χ2v) is 5.38. The molecule has 1 amide bonds. The molecule has 2 fully saturated rings. The smallest absolute Gasteiger partial charge is 0.226 e. The fraction of sp³-hybridized carbons (Fsp3) is 0.917. The number of hydrogen-bond acceptors (Lipinski definition) is 3. The Morgan fingerprint density at radius 2 is 2.06 bits per heavy atom. The minimum absolute atomic E-state index is 0.139. The average molecular weight is 226 g/mol. The number of piperidine rings is 1. The van der Waals surface area contributed by atoms with Gasteiger partial charge in [0.1, 0.15) is 0 Å². The summed E-state index contributed by atoms with van der Waals surface area (Å²) in [5.41, 5.74) is -0.139. The van der Waals surface area contributed by atoms with Crippen molar-refractivity contribution < 1.29 is 9.53 Å². The molecule has 2 heterocycles. The Kier molecular flexibility index (Phi) is 3.50. The first-order chi connectivity index (χ1) is 7.61. The Morgan fingerprint density at radius 1 is 1.38 bits per heavy atom. The highest BCUT2D eigenvalue weighted by molar-refractivity contribution is 5.79. The molecule has 92 valence electrons. The van der Waals surface area contributed by atoms with Crippen molar-refractivity contribution in [2.45, 2.75) is 32.2 Å². The maximum Gasteiger partial charge on any atom is 0.226 e. The number of morpholine rings is 1. The van der Waals surface area contributed by atoms with Crippen LogP contribution < -0.4 is 5.32 Å². The van der Waals surface area contributed by atoms with Crippen LogP contribution in [0.2, 0.25) is 0 Å². The number of carbonyl (C=O) groups is 1. The molecule has 0 bridgehead atoms. The van der Waals surface area contributed by atoms with Gasteiger partial charge in [0.2, 0.25) is 5.91 Å². The molecule has 1 N–H and O–H groups in total. The largest absolute Gasteiger partial charge is 0.377 e. The van der Waals surface area contributed by atoms with E-state index in [1.165, 1.54) is 0 Å². The lowest BCUT2D eigenvalue weighted by atomic mass is 9.93. The normalized spacial score (nSPS) is 26.8. The van der Waals surface area contributed by atoms with Crippen molar-refractivity contribution in [2.75, 3.05) is 32.8 Å². The standard InChI is InChI=1S/C12H22N2O2/c1-12(2)9-16-8-7-14(12)11(15)10-3-5-13-6-4-10/h10,13H,3-9H2,1-2H3. The first kappa shape index (κ1) is 11.9. The van der Waals surface area contributed by atoms with Gasteiger partial charge in [-0.2, -0.15) is 0 Å². The van der Waals surface area contributed by atoms with Gasteiger partial charge in [0.15, 0.2) is 0 Å². The Bertz CT molecular complexity index is 260. The zero-order valence-corrected chi connectivity index (χ0v) is 10.3. The van der Waals surface area contributed by atoms with Gasteiger partial charge in [-0.15, -0.1) is 0 Å². The van der Waals surface area contributed by atoms with E-state index < -0.39 is 0 Å². The predicted octanol–water partition coefficient (Wildman–Crippen LogP) is 0.623. The van der Waals surface area contributed by atoms with Crippen LogP contribution in [0.1, 0.15) is 26.7 Å². The topological polar surface area (TPSA) is 41.6 Å². The van der Waals surface area contributed by atoms with E-state index in [0.29, 0.717) is 19.1 Å². The molecule has 16 heavy (non-hydrogen) atoms. The van der Waals surface area contributed by atoms with Crippen LogP contribution in [0.3, 0.4) is 0 Å². The van der Waals surface area contributed by atoms with E-state index in [4.69, 9.17) is 4.74 Å². The number of hydrogen-bond donors (Lipinski definition) is 1. The van der Waals surface area contributed by atoms with Crippen molar-refractivity contribution in [3.05, 3.63) is 0 Å². The van der Waals surface area contributed by atoms with Crippen LogP contribution in [-0.4, -0.2) is 49.2 Å². The Hall–Kier alpha value is -0.610. The van der Waals surface area contributed by atoms with Crippen molar-refractivity contribution in [1.82, 2.24) is 10.2 Å². The molecular weight excluding hydrogens is 204 g/mol. The molecule has 0 aliphatic carbocycles. The lowest BCUT2D eigenvalue weighted by Gasteiger charge is -2.44. The van der Waals surface area contributed by atoms with Gasteiger partial charge in [-0.3, -0.25) is 4.79 Å². The Morgan fingerprint density at radius 3 is 2.69 bits per heavy atom. The molecule has 0 aromatic rings. The zero-order valence-electron chi connectivity index (χ0n) is 10.3. The van der Waals surface area contributed by atoms with Crippen molar-refractivity contribution in [3.8, 4) is 0 Å². The van der Waals surface area contributed by atoms with E-state index in [1.54, 1.807) is 0 Å². The van der Waals surface area contributed by atoms with Crippen molar-refractivity contribution in [2.24, 2.45) is 5.92 Å². The van der Waals surface area contributed by atoms with E-state index in [-0.39, 0.29) is 11.5 Å². The minimum atomic E-state index is -0.139. The fourth-order valence-corrected chi connectivity index (χ4v) is 2.56. The Labute approximate surface area is 97.3 Å². The van der Waals surface area contributed by atoms with Gasteiger partial charge in [0.05, 0.1) is 18.8 Å². The molecule has 0 atom stereocenters. The lowest BCUT2D eigenvalue weighted by molar-refractivity contribution is -0.151. The molecule has 0 spiro atoms. The quantitative estimate of drug-likeness (QED) is 0.713. The highest BCUT2D eigenvalue weighted by atomic mass is 16.5. The molecule has 2 aliphatic rings. The number of amides is 1. The number of nitrogens with zero attached hydrogens (tertiary/aromatic N) is 1. The highest BCUT2D eigenvalue weighted by Gasteiger charge is 2.37. The number of nitrogens with one attached hydrogen (secondary N) is 1. The van der Waals surface area contributed by atoms with Gasteiger partial charge >= 0.3 is 0 Å². The molecular formula is C12H22N2O2. The summed E-state index contributed by atoms with van der Waals surface area (Å²) in [7, 11) is 0. The molecule has 0 radical (unpaired) electrons. The van der Waals surface area contributed by atoms with Gasteiger partial charge < -0.3 is 15.0 Å². The van der Waals surface area contributed by atoms with E-state index in [0.717, 1.165) is 32.5 Å². The lowest BCUT2D eigenvalue weighted by Crippen LogP contribution is -2.57. The molecule has 4 nitrogen and oxygen atoms in total. The predicted molar refractivity (Wildman–Crippen MR) is 62.2 cm³/mol. The fourth-order valence-electron chi connectivity index (χ4n) is 2.56. The second kappa shape index (κ2) is 4.72. The summed E-state index contributed by atoms with van der Waals surface area (Å²) < 4.78 is 5.45. The number of rotatable bonds is 1. The summed E-state index contributed by atoms with van der Waals surface area (Å²) in [6.07, 6.45) is 1.96. The summed E-state index contributed by atoms with van der Waals surface area (Å²) in [4.78, 5) is 14.4. The third-order valence-corrected chi connectivity index (χ3v) is 3.60. The van der Waals surface area contributed by atoms with Gasteiger partial charge in [0.25, 0.3) is 0 Å². The molecule has 0 unspecified atom stereocenters. The summed E-state index contributed by atoms with van der Waals surface area (Å²) in [5, 5.41) is 3.30. The van der Waals surface area contributed by atoms with Gasteiger partial charge in [-0.1, -0.05) is 0 Å². The van der Waals surface area contributed by atoms with E-state index in [9.17, 15) is 4.79 Å². The van der Waals surface area contributed by atoms with Crippen molar-refractivity contribution in [1.29, 1.82) is 0 Å². The van der Waals surface area contributed by atoms with Crippen LogP contribution in [0.15, 0.2) is 0 Å². The SMILES string of the molecule is CC1(C)COCCN1C(=O)C1CCNCC1. The molecule has 0 saturated carbocycles. The van der Waals surface area contributed by atoms with E-state index in [1.807, 2.05) is 4.90 Å². The third kappa shape index (κ3) is 2.38. The third-order valence-electron chi connectivity index (χ3n) is 3.60. The first-order valence-electron chi connectivity index (χ1n) is 6.21. The van der Waals surface area contributed by atoms with Crippen LogP contribution in [0, 0.1) is 5.92 Å². The maximum atomic E-state index is 12.4. The van der Waals surface area contributed by atoms with Gasteiger partial charge in [-0.05, 0) is 39.8 Å². The Balaban J connectivity index is 2.01. The monoisotopic (exact) mass is 226 g/mol. The second-order valence-electron chi connectivity index (χ2n) is 5.38. The van der Waals surface area contributed by atoms with Crippen LogP contribution in [-0.2, 0) is 9.53 Å². The molecule has 2 rings (SSSR count). The van der Waals surface area contributed by atoms with Crippen LogP contribution in [0.4, 0.5) is 0 Å². The maximum absolute atomic E-state index is 12.4. The van der Waals surface area contributed by atoms with Crippen LogP contribution in [0.5, 0.6) is 0 Å². The van der Waals surface area contributed by atoms with Gasteiger partial charge in [-0.25, -0.2) is 0 Å². The molecule has 0 aromatic carbocycles. The summed E-state index contributed by atoms with van der Waals surface area (Å²) in [6, 6.07) is 0. The van der Waals surface area contributed by atoms with Crippen LogP contribution >= 0.6 is 0 Å². The average Bonchev–Trinajstić information content (AvgIpc) is 2.29. The zero-order chi connectivity index (χ0) is 11.6.